The van der Waals surface area contributed by atoms with Gasteiger partial charge in [-0.25, -0.2) is 0 Å². The first-order valence-electron chi connectivity index (χ1n) is 4.39. The molecule has 70 valence electrons. The average molecular weight is 178 g/mol. The van der Waals surface area contributed by atoms with Crippen molar-refractivity contribution in [1.82, 2.24) is 0 Å². The second-order valence-corrected chi connectivity index (χ2v) is 3.20. The number of aliphatic hydroxyl groups excluding tert-OH is 1. The van der Waals surface area contributed by atoms with E-state index in [0.717, 1.165) is 5.56 Å². The SMILES string of the molecule is CC(=O)CC(CO)c1ccccc1. The van der Waals surface area contributed by atoms with Crippen LogP contribution in [0, 0.1) is 0 Å². The van der Waals surface area contributed by atoms with E-state index in [9.17, 15) is 4.79 Å². The van der Waals surface area contributed by atoms with Crippen molar-refractivity contribution in [2.45, 2.75) is 19.3 Å². The van der Waals surface area contributed by atoms with Gasteiger partial charge in [0.25, 0.3) is 0 Å². The maximum atomic E-state index is 10.9. The van der Waals surface area contributed by atoms with Gasteiger partial charge in [0, 0.05) is 12.3 Å². The van der Waals surface area contributed by atoms with Crippen molar-refractivity contribution < 1.29 is 9.90 Å². The van der Waals surface area contributed by atoms with Gasteiger partial charge in [0.1, 0.15) is 5.78 Å². The standard InChI is InChI=1S/C11H14O2/c1-9(13)7-11(8-12)10-5-3-2-4-6-10/h2-6,11-12H,7-8H2,1H3. The molecule has 1 aromatic carbocycles. The Labute approximate surface area is 78.2 Å². The first-order chi connectivity index (χ1) is 6.24. The topological polar surface area (TPSA) is 37.3 Å². The van der Waals surface area contributed by atoms with E-state index >= 15 is 0 Å². The summed E-state index contributed by atoms with van der Waals surface area (Å²) in [5.74, 6) is 0.0709. The Morgan fingerprint density at radius 2 is 2.00 bits per heavy atom. The van der Waals surface area contributed by atoms with Gasteiger partial charge in [-0.05, 0) is 12.5 Å². The van der Waals surface area contributed by atoms with E-state index in [1.54, 1.807) is 6.92 Å². The molecule has 1 rings (SSSR count). The smallest absolute Gasteiger partial charge is 0.130 e. The number of Topliss-reactive ketones (excluding diaryl/α,β-unsaturated/α-hetero) is 1. The Morgan fingerprint density at radius 1 is 1.38 bits per heavy atom. The van der Waals surface area contributed by atoms with Crippen LogP contribution >= 0.6 is 0 Å². The van der Waals surface area contributed by atoms with E-state index in [1.807, 2.05) is 30.3 Å². The van der Waals surface area contributed by atoms with Crippen LogP contribution in [0.2, 0.25) is 0 Å². The number of carbonyl (C=O) groups is 1. The predicted octanol–water partition coefficient (Wildman–Crippen LogP) is 1.74. The van der Waals surface area contributed by atoms with E-state index in [-0.39, 0.29) is 18.3 Å². The largest absolute Gasteiger partial charge is 0.396 e. The molecule has 13 heavy (non-hydrogen) atoms. The summed E-state index contributed by atoms with van der Waals surface area (Å²) >= 11 is 0. The third kappa shape index (κ3) is 2.99. The molecule has 0 radical (unpaired) electrons. The van der Waals surface area contributed by atoms with Gasteiger partial charge in [-0.1, -0.05) is 30.3 Å². The second-order valence-electron chi connectivity index (χ2n) is 3.20. The molecule has 0 aliphatic carbocycles. The van der Waals surface area contributed by atoms with Gasteiger partial charge in [-0.2, -0.15) is 0 Å². The monoisotopic (exact) mass is 178 g/mol. The quantitative estimate of drug-likeness (QED) is 0.762. The van der Waals surface area contributed by atoms with Gasteiger partial charge in [0.15, 0.2) is 0 Å². The fourth-order valence-corrected chi connectivity index (χ4v) is 1.36. The lowest BCUT2D eigenvalue weighted by molar-refractivity contribution is -0.117. The molecule has 1 atom stereocenters. The van der Waals surface area contributed by atoms with Gasteiger partial charge < -0.3 is 9.90 Å². The van der Waals surface area contributed by atoms with Crippen LogP contribution in [-0.4, -0.2) is 17.5 Å². The van der Waals surface area contributed by atoms with Crippen molar-refractivity contribution in [3.05, 3.63) is 35.9 Å². The molecule has 0 spiro atoms. The lowest BCUT2D eigenvalue weighted by Gasteiger charge is -2.11. The molecule has 0 fully saturated rings. The third-order valence-corrected chi connectivity index (χ3v) is 2.03. The zero-order chi connectivity index (χ0) is 9.68. The minimum Gasteiger partial charge on any atom is -0.396 e. The average Bonchev–Trinajstić information content (AvgIpc) is 2.15. The minimum atomic E-state index is -0.0429. The first-order valence-corrected chi connectivity index (χ1v) is 4.39. The molecular formula is C11H14O2. The van der Waals surface area contributed by atoms with Gasteiger partial charge in [0.05, 0.1) is 6.61 Å². The number of ketones is 1. The van der Waals surface area contributed by atoms with Crippen LogP contribution in [0.1, 0.15) is 24.8 Å². The summed E-state index contributed by atoms with van der Waals surface area (Å²) in [6.45, 7) is 1.58. The fourth-order valence-electron chi connectivity index (χ4n) is 1.36. The van der Waals surface area contributed by atoms with Crippen molar-refractivity contribution in [2.75, 3.05) is 6.61 Å². The fraction of sp³-hybridized carbons (Fsp3) is 0.364. The number of benzene rings is 1. The van der Waals surface area contributed by atoms with Crippen LogP contribution in [0.3, 0.4) is 0 Å². The Hall–Kier alpha value is -1.15. The summed E-state index contributed by atoms with van der Waals surface area (Å²) in [5.41, 5.74) is 1.03. The summed E-state index contributed by atoms with van der Waals surface area (Å²) in [7, 11) is 0. The Kier molecular flexibility index (Phi) is 3.65. The first kappa shape index (κ1) is 9.93. The molecule has 0 bridgehead atoms. The summed E-state index contributed by atoms with van der Waals surface area (Å²) in [4.78, 5) is 10.9. The number of hydrogen-bond acceptors (Lipinski definition) is 2. The van der Waals surface area contributed by atoms with Crippen molar-refractivity contribution in [1.29, 1.82) is 0 Å². The molecule has 1 N–H and O–H groups in total. The summed E-state index contributed by atoms with van der Waals surface area (Å²) in [6, 6.07) is 9.62. The number of aliphatic hydroxyl groups is 1. The maximum absolute atomic E-state index is 10.9. The van der Waals surface area contributed by atoms with Crippen molar-refractivity contribution >= 4 is 5.78 Å². The number of rotatable bonds is 4. The molecule has 0 heterocycles. The molecule has 2 nitrogen and oxygen atoms in total. The minimum absolute atomic E-state index is 0.0313. The molecule has 0 aliphatic rings. The van der Waals surface area contributed by atoms with Crippen molar-refractivity contribution in [3.8, 4) is 0 Å². The van der Waals surface area contributed by atoms with Crippen LogP contribution in [0.5, 0.6) is 0 Å². The lowest BCUT2D eigenvalue weighted by Crippen LogP contribution is -2.08. The molecule has 0 aromatic heterocycles. The van der Waals surface area contributed by atoms with Crippen molar-refractivity contribution in [2.24, 2.45) is 0 Å². The van der Waals surface area contributed by atoms with E-state index in [1.165, 1.54) is 0 Å². The molecule has 2 heteroatoms. The van der Waals surface area contributed by atoms with Gasteiger partial charge in [-0.15, -0.1) is 0 Å². The van der Waals surface area contributed by atoms with E-state index in [4.69, 9.17) is 5.11 Å². The highest BCUT2D eigenvalue weighted by molar-refractivity contribution is 5.76. The molecular weight excluding hydrogens is 164 g/mol. The summed E-state index contributed by atoms with van der Waals surface area (Å²) < 4.78 is 0. The van der Waals surface area contributed by atoms with Crippen LogP contribution in [0.4, 0.5) is 0 Å². The van der Waals surface area contributed by atoms with Crippen LogP contribution < -0.4 is 0 Å². The van der Waals surface area contributed by atoms with Crippen LogP contribution in [0.15, 0.2) is 30.3 Å². The molecule has 0 saturated carbocycles. The molecule has 0 amide bonds. The van der Waals surface area contributed by atoms with E-state index in [0.29, 0.717) is 6.42 Å². The zero-order valence-corrected chi connectivity index (χ0v) is 7.73. The lowest BCUT2D eigenvalue weighted by atomic mass is 9.95. The molecule has 0 saturated heterocycles. The summed E-state index contributed by atoms with van der Waals surface area (Å²) in [6.07, 6.45) is 0.417. The zero-order valence-electron chi connectivity index (χ0n) is 7.73. The van der Waals surface area contributed by atoms with Gasteiger partial charge >= 0.3 is 0 Å². The highest BCUT2D eigenvalue weighted by Crippen LogP contribution is 2.18. The Bertz CT molecular complexity index is 267. The third-order valence-electron chi connectivity index (χ3n) is 2.03. The van der Waals surface area contributed by atoms with E-state index in [2.05, 4.69) is 0 Å². The Balaban J connectivity index is 2.73. The Morgan fingerprint density at radius 3 is 2.46 bits per heavy atom. The molecule has 1 unspecified atom stereocenters. The molecule has 1 aromatic rings. The highest BCUT2D eigenvalue weighted by atomic mass is 16.3. The van der Waals surface area contributed by atoms with Crippen molar-refractivity contribution in [3.63, 3.8) is 0 Å². The van der Waals surface area contributed by atoms with E-state index < -0.39 is 0 Å². The number of hydrogen-bond donors (Lipinski definition) is 1. The van der Waals surface area contributed by atoms with Gasteiger partial charge in [-0.3, -0.25) is 0 Å². The second kappa shape index (κ2) is 4.77. The molecule has 0 aliphatic heterocycles. The normalized spacial score (nSPS) is 12.5. The van der Waals surface area contributed by atoms with Gasteiger partial charge in [0.2, 0.25) is 0 Å². The summed E-state index contributed by atoms with van der Waals surface area (Å²) in [5, 5.41) is 9.08. The maximum Gasteiger partial charge on any atom is 0.130 e. The van der Waals surface area contributed by atoms with Crippen LogP contribution in [-0.2, 0) is 4.79 Å². The number of carbonyl (C=O) groups excluding carboxylic acids is 1. The predicted molar refractivity (Wildman–Crippen MR) is 51.6 cm³/mol. The highest BCUT2D eigenvalue weighted by Gasteiger charge is 2.11. The van der Waals surface area contributed by atoms with Crippen LogP contribution in [0.25, 0.3) is 0 Å².